The number of rotatable bonds is 1. The van der Waals surface area contributed by atoms with Gasteiger partial charge >= 0.3 is 0 Å². The quantitative estimate of drug-likeness (QED) is 0.553. The van der Waals surface area contributed by atoms with Gasteiger partial charge in [-0.15, -0.1) is 0 Å². The van der Waals surface area contributed by atoms with Gasteiger partial charge in [-0.2, -0.15) is 0 Å². The van der Waals surface area contributed by atoms with Crippen LogP contribution in [0.5, 0.6) is 0 Å². The van der Waals surface area contributed by atoms with Crippen LogP contribution in [0.4, 0.5) is 0 Å². The van der Waals surface area contributed by atoms with Crippen molar-refractivity contribution in [3.05, 3.63) is 0 Å². The Bertz CT molecular complexity index is 135. The van der Waals surface area contributed by atoms with E-state index >= 15 is 0 Å². The van der Waals surface area contributed by atoms with Crippen molar-refractivity contribution in [1.29, 1.82) is 0 Å². The Balaban J connectivity index is 2.10. The van der Waals surface area contributed by atoms with E-state index in [2.05, 4.69) is 0 Å². The number of aliphatic hydroxyl groups excluding tert-OH is 1. The third-order valence-corrected chi connectivity index (χ3v) is 3.37. The summed E-state index contributed by atoms with van der Waals surface area (Å²) in [5, 5.41) is 8.98. The monoisotopic (exact) mass is 141 g/mol. The third-order valence-electron chi connectivity index (χ3n) is 3.37. The minimum Gasteiger partial charge on any atom is -0.396 e. The largest absolute Gasteiger partial charge is 0.396 e. The zero-order valence-corrected chi connectivity index (χ0v) is 6.16. The molecule has 0 spiro atoms. The van der Waals surface area contributed by atoms with E-state index in [1.807, 2.05) is 0 Å². The number of hydrogen-bond donors (Lipinski definition) is 2. The van der Waals surface area contributed by atoms with Gasteiger partial charge in [-0.05, 0) is 31.1 Å². The smallest absolute Gasteiger partial charge is 0.0476 e. The maximum absolute atomic E-state index is 8.98. The van der Waals surface area contributed by atoms with Gasteiger partial charge in [-0.3, -0.25) is 0 Å². The molecule has 10 heavy (non-hydrogen) atoms. The average Bonchev–Trinajstić information content (AvgIpc) is 2.46. The van der Waals surface area contributed by atoms with E-state index < -0.39 is 0 Å². The molecular formula is C8H15NO. The summed E-state index contributed by atoms with van der Waals surface area (Å²) < 4.78 is 0. The van der Waals surface area contributed by atoms with Crippen LogP contribution in [-0.2, 0) is 0 Å². The normalized spacial score (nSPS) is 52.2. The predicted octanol–water partition coefficient (Wildman–Crippen LogP) is 0.352. The highest BCUT2D eigenvalue weighted by Crippen LogP contribution is 2.47. The second-order valence-corrected chi connectivity index (χ2v) is 3.76. The molecule has 2 fully saturated rings. The Morgan fingerprint density at radius 2 is 2.00 bits per heavy atom. The fraction of sp³-hybridized carbons (Fsp3) is 1.00. The molecule has 0 amide bonds. The summed E-state index contributed by atoms with van der Waals surface area (Å²) in [6.07, 6.45) is 3.90. The van der Waals surface area contributed by atoms with Crippen LogP contribution in [-0.4, -0.2) is 17.8 Å². The molecule has 0 aromatic rings. The van der Waals surface area contributed by atoms with E-state index in [-0.39, 0.29) is 0 Å². The maximum Gasteiger partial charge on any atom is 0.0476 e. The molecule has 2 rings (SSSR count). The standard InChI is InChI=1S/C8H15NO/c9-8-6-2-1-5(3-6)7(8)4-10/h5-8,10H,1-4,9H2/t5-,6-,7+,8+/m1/s1. The number of nitrogens with two attached hydrogens (primary N) is 1. The molecule has 0 aromatic heterocycles. The minimum atomic E-state index is 0.308. The summed E-state index contributed by atoms with van der Waals surface area (Å²) in [7, 11) is 0. The lowest BCUT2D eigenvalue weighted by molar-refractivity contribution is 0.159. The number of hydrogen-bond acceptors (Lipinski definition) is 2. The molecular weight excluding hydrogens is 126 g/mol. The van der Waals surface area contributed by atoms with Gasteiger partial charge in [0.1, 0.15) is 0 Å². The van der Waals surface area contributed by atoms with Gasteiger partial charge in [0.25, 0.3) is 0 Å². The summed E-state index contributed by atoms with van der Waals surface area (Å²) in [4.78, 5) is 0. The molecule has 2 aliphatic carbocycles. The van der Waals surface area contributed by atoms with Gasteiger partial charge in [0.15, 0.2) is 0 Å². The molecule has 0 radical (unpaired) electrons. The van der Waals surface area contributed by atoms with E-state index in [1.165, 1.54) is 19.3 Å². The van der Waals surface area contributed by atoms with Crippen molar-refractivity contribution in [3.8, 4) is 0 Å². The molecule has 2 heteroatoms. The highest BCUT2D eigenvalue weighted by Gasteiger charge is 2.44. The lowest BCUT2D eigenvalue weighted by Gasteiger charge is -2.25. The highest BCUT2D eigenvalue weighted by atomic mass is 16.3. The zero-order valence-electron chi connectivity index (χ0n) is 6.16. The van der Waals surface area contributed by atoms with Crippen molar-refractivity contribution in [3.63, 3.8) is 0 Å². The molecule has 2 saturated carbocycles. The summed E-state index contributed by atoms with van der Waals surface area (Å²) in [6, 6.07) is 0.309. The Morgan fingerprint density at radius 1 is 1.30 bits per heavy atom. The molecule has 0 heterocycles. The van der Waals surface area contributed by atoms with Crippen molar-refractivity contribution < 1.29 is 5.11 Å². The van der Waals surface area contributed by atoms with Crippen LogP contribution < -0.4 is 5.73 Å². The van der Waals surface area contributed by atoms with Crippen LogP contribution in [0, 0.1) is 17.8 Å². The summed E-state index contributed by atoms with van der Waals surface area (Å²) in [5.74, 6) is 1.92. The Kier molecular flexibility index (Phi) is 1.46. The lowest BCUT2D eigenvalue weighted by Crippen LogP contribution is -2.37. The van der Waals surface area contributed by atoms with Crippen LogP contribution in [0.15, 0.2) is 0 Å². The van der Waals surface area contributed by atoms with Gasteiger partial charge in [0, 0.05) is 18.6 Å². The molecule has 0 aromatic carbocycles. The second-order valence-electron chi connectivity index (χ2n) is 3.76. The Labute approximate surface area is 61.4 Å². The van der Waals surface area contributed by atoms with Crippen molar-refractivity contribution in [1.82, 2.24) is 0 Å². The summed E-state index contributed by atoms with van der Waals surface area (Å²) in [6.45, 7) is 0.308. The topological polar surface area (TPSA) is 46.2 Å². The molecule has 0 saturated heterocycles. The van der Waals surface area contributed by atoms with Gasteiger partial charge in [0.05, 0.1) is 0 Å². The highest BCUT2D eigenvalue weighted by molar-refractivity contribution is 4.98. The molecule has 2 nitrogen and oxygen atoms in total. The maximum atomic E-state index is 8.98. The fourth-order valence-electron chi connectivity index (χ4n) is 2.73. The molecule has 0 aliphatic heterocycles. The van der Waals surface area contributed by atoms with E-state index in [9.17, 15) is 0 Å². The average molecular weight is 141 g/mol. The van der Waals surface area contributed by atoms with Gasteiger partial charge in [0.2, 0.25) is 0 Å². The molecule has 4 atom stereocenters. The van der Waals surface area contributed by atoms with Crippen LogP contribution in [0.25, 0.3) is 0 Å². The van der Waals surface area contributed by atoms with Gasteiger partial charge in [-0.25, -0.2) is 0 Å². The minimum absolute atomic E-state index is 0.308. The SMILES string of the molecule is N[C@H]1[C@@H]2CC[C@H](C2)[C@@H]1CO. The van der Waals surface area contributed by atoms with E-state index in [4.69, 9.17) is 10.8 Å². The van der Waals surface area contributed by atoms with Crippen molar-refractivity contribution in [2.24, 2.45) is 23.5 Å². The van der Waals surface area contributed by atoms with Crippen molar-refractivity contribution in [2.45, 2.75) is 25.3 Å². The van der Waals surface area contributed by atoms with Crippen molar-refractivity contribution in [2.75, 3.05) is 6.61 Å². The van der Waals surface area contributed by atoms with Gasteiger partial charge < -0.3 is 10.8 Å². The predicted molar refractivity (Wildman–Crippen MR) is 39.4 cm³/mol. The van der Waals surface area contributed by atoms with E-state index in [1.54, 1.807) is 0 Å². The first-order valence-electron chi connectivity index (χ1n) is 4.19. The van der Waals surface area contributed by atoms with Crippen LogP contribution in [0.1, 0.15) is 19.3 Å². The lowest BCUT2D eigenvalue weighted by atomic mass is 9.86. The molecule has 58 valence electrons. The molecule has 3 N–H and O–H groups in total. The van der Waals surface area contributed by atoms with E-state index in [0.29, 0.717) is 18.6 Å². The number of aliphatic hydroxyl groups is 1. The first-order valence-corrected chi connectivity index (χ1v) is 4.19. The molecule has 2 aliphatic rings. The van der Waals surface area contributed by atoms with Crippen LogP contribution in [0.3, 0.4) is 0 Å². The fourth-order valence-corrected chi connectivity index (χ4v) is 2.73. The van der Waals surface area contributed by atoms with Crippen LogP contribution >= 0.6 is 0 Å². The number of fused-ring (bicyclic) bond motifs is 2. The first-order chi connectivity index (χ1) is 4.83. The van der Waals surface area contributed by atoms with Gasteiger partial charge in [-0.1, -0.05) is 0 Å². The molecule has 2 bridgehead atoms. The molecule has 0 unspecified atom stereocenters. The van der Waals surface area contributed by atoms with E-state index in [0.717, 1.165) is 11.8 Å². The Hall–Kier alpha value is -0.0800. The summed E-state index contributed by atoms with van der Waals surface area (Å²) in [5.41, 5.74) is 5.91. The Morgan fingerprint density at radius 3 is 2.40 bits per heavy atom. The summed E-state index contributed by atoms with van der Waals surface area (Å²) >= 11 is 0. The second kappa shape index (κ2) is 2.21. The third kappa shape index (κ3) is 0.722. The zero-order chi connectivity index (χ0) is 7.14. The first kappa shape index (κ1) is 6.62. The van der Waals surface area contributed by atoms with Crippen LogP contribution in [0.2, 0.25) is 0 Å². The van der Waals surface area contributed by atoms with Crippen molar-refractivity contribution >= 4 is 0 Å².